The van der Waals surface area contributed by atoms with Gasteiger partial charge in [-0.2, -0.15) is 9.97 Å². The molecule has 0 aliphatic carbocycles. The van der Waals surface area contributed by atoms with Crippen molar-refractivity contribution in [3.8, 4) is 11.9 Å². The van der Waals surface area contributed by atoms with Crippen molar-refractivity contribution in [3.63, 3.8) is 0 Å². The first-order valence-corrected chi connectivity index (χ1v) is 8.85. The molecule has 1 aromatic rings. The van der Waals surface area contributed by atoms with Gasteiger partial charge in [0.2, 0.25) is 5.88 Å². The maximum atomic E-state index is 5.27. The summed E-state index contributed by atoms with van der Waals surface area (Å²) in [6.45, 7) is 6.64. The Kier molecular flexibility index (Phi) is 3.72. The minimum absolute atomic E-state index is 0.320. The highest BCUT2D eigenvalue weighted by Gasteiger charge is 2.27. The molecule has 0 radical (unpaired) electrons. The topological polar surface area (TPSA) is 44.2 Å². The van der Waals surface area contributed by atoms with Crippen LogP contribution in [0.25, 0.3) is 0 Å². The molecule has 0 aliphatic heterocycles. The lowest BCUT2D eigenvalue weighted by Gasteiger charge is -2.20. The van der Waals surface area contributed by atoms with Crippen molar-refractivity contribution < 1.29 is 9.47 Å². The molecule has 0 spiro atoms. The van der Waals surface area contributed by atoms with Gasteiger partial charge in [0.25, 0.3) is 0 Å². The van der Waals surface area contributed by atoms with Crippen molar-refractivity contribution in [2.45, 2.75) is 19.6 Å². The molecule has 0 aromatic carbocycles. The Morgan fingerprint density at radius 1 is 1.07 bits per heavy atom. The molecule has 15 heavy (non-hydrogen) atoms. The summed E-state index contributed by atoms with van der Waals surface area (Å²) >= 11 is 3.44. The van der Waals surface area contributed by atoms with Crippen LogP contribution in [0.3, 0.4) is 0 Å². The fraction of sp³-hybridized carbons (Fsp3) is 0.556. The maximum Gasteiger partial charge on any atom is 0.320 e. The van der Waals surface area contributed by atoms with Crippen LogP contribution in [-0.2, 0) is 0 Å². The van der Waals surface area contributed by atoms with Crippen molar-refractivity contribution in [3.05, 3.63) is 4.60 Å². The number of hydrogen-bond donors (Lipinski definition) is 0. The second kappa shape index (κ2) is 4.48. The average molecular weight is 291 g/mol. The van der Waals surface area contributed by atoms with E-state index in [4.69, 9.17) is 9.47 Å². The quantitative estimate of drug-likeness (QED) is 0.629. The second-order valence-electron chi connectivity index (χ2n) is 4.14. The fourth-order valence-electron chi connectivity index (χ4n) is 1.27. The summed E-state index contributed by atoms with van der Waals surface area (Å²) in [5.41, 5.74) is 0. The number of hydrogen-bond acceptors (Lipinski definition) is 4. The maximum absolute atomic E-state index is 5.27. The Labute approximate surface area is 99.2 Å². The van der Waals surface area contributed by atoms with Crippen molar-refractivity contribution in [1.82, 2.24) is 9.97 Å². The van der Waals surface area contributed by atoms with Crippen LogP contribution in [0.15, 0.2) is 4.60 Å². The summed E-state index contributed by atoms with van der Waals surface area (Å²) in [5, 5.41) is 1.07. The predicted octanol–water partition coefficient (Wildman–Crippen LogP) is 1.80. The van der Waals surface area contributed by atoms with Crippen LogP contribution in [0.5, 0.6) is 11.9 Å². The molecule has 0 atom stereocenters. The van der Waals surface area contributed by atoms with E-state index in [2.05, 4.69) is 45.5 Å². The van der Waals surface area contributed by atoms with Crippen molar-refractivity contribution in [1.29, 1.82) is 0 Å². The Morgan fingerprint density at radius 3 is 2.07 bits per heavy atom. The normalized spacial score (nSPS) is 11.3. The molecule has 84 valence electrons. The molecule has 0 N–H and O–H groups in total. The number of halogens is 1. The molecule has 0 saturated heterocycles. The fourth-order valence-corrected chi connectivity index (χ4v) is 4.84. The van der Waals surface area contributed by atoms with E-state index in [1.807, 2.05) is 0 Å². The van der Waals surface area contributed by atoms with Crippen LogP contribution in [0.2, 0.25) is 19.6 Å². The van der Waals surface area contributed by atoms with Gasteiger partial charge in [0, 0.05) is 5.19 Å². The van der Waals surface area contributed by atoms with E-state index in [1.54, 1.807) is 7.11 Å². The zero-order valence-corrected chi connectivity index (χ0v) is 12.2. The molecule has 1 heterocycles. The van der Waals surface area contributed by atoms with E-state index in [1.165, 1.54) is 7.11 Å². The molecule has 0 unspecified atom stereocenters. The third-order valence-electron chi connectivity index (χ3n) is 1.94. The Bertz CT molecular complexity index is 366. The first kappa shape index (κ1) is 12.4. The number of ether oxygens (including phenoxy) is 2. The Morgan fingerprint density at radius 2 is 1.67 bits per heavy atom. The van der Waals surface area contributed by atoms with Crippen molar-refractivity contribution in [2.75, 3.05) is 14.2 Å². The zero-order valence-electron chi connectivity index (χ0n) is 9.59. The monoisotopic (exact) mass is 290 g/mol. The molecule has 6 heteroatoms. The molecular formula is C9H15BrN2O2Si. The van der Waals surface area contributed by atoms with E-state index in [9.17, 15) is 0 Å². The molecule has 0 saturated carbocycles. The van der Waals surface area contributed by atoms with Crippen molar-refractivity contribution >= 4 is 29.2 Å². The second-order valence-corrected chi connectivity index (χ2v) is 9.89. The van der Waals surface area contributed by atoms with Crippen LogP contribution >= 0.6 is 15.9 Å². The highest BCUT2D eigenvalue weighted by atomic mass is 79.9. The van der Waals surface area contributed by atoms with E-state index in [-0.39, 0.29) is 0 Å². The summed E-state index contributed by atoms with van der Waals surface area (Å²) in [6.07, 6.45) is 0. The van der Waals surface area contributed by atoms with Gasteiger partial charge >= 0.3 is 6.01 Å². The highest BCUT2D eigenvalue weighted by molar-refractivity contribution is 9.10. The number of nitrogens with zero attached hydrogens (tertiary/aromatic N) is 2. The van der Waals surface area contributed by atoms with Gasteiger partial charge in [-0.05, 0) is 15.9 Å². The van der Waals surface area contributed by atoms with E-state index >= 15 is 0 Å². The third-order valence-corrected chi connectivity index (χ3v) is 4.83. The van der Waals surface area contributed by atoms with Gasteiger partial charge in [-0.15, -0.1) is 0 Å². The van der Waals surface area contributed by atoms with E-state index in [0.29, 0.717) is 11.9 Å². The number of aromatic nitrogens is 2. The van der Waals surface area contributed by atoms with Crippen LogP contribution in [-0.4, -0.2) is 32.3 Å². The lowest BCUT2D eigenvalue weighted by Crippen LogP contribution is -2.40. The van der Waals surface area contributed by atoms with Gasteiger partial charge in [0.1, 0.15) is 4.60 Å². The molecule has 0 aliphatic rings. The molecule has 0 bridgehead atoms. The molecule has 1 rings (SSSR count). The SMILES string of the molecule is COc1nc(Br)c([Si](C)(C)C)c(OC)n1. The summed E-state index contributed by atoms with van der Waals surface area (Å²) in [6, 6.07) is 0.320. The lowest BCUT2D eigenvalue weighted by molar-refractivity contribution is 0.353. The van der Waals surface area contributed by atoms with Gasteiger partial charge in [0.05, 0.1) is 22.3 Å². The minimum Gasteiger partial charge on any atom is -0.481 e. The molecular weight excluding hydrogens is 276 g/mol. The summed E-state index contributed by atoms with van der Waals surface area (Å²) in [7, 11) is 1.61. The minimum atomic E-state index is -1.53. The lowest BCUT2D eigenvalue weighted by atomic mass is 10.6. The Hall–Kier alpha value is -0.623. The van der Waals surface area contributed by atoms with Crippen LogP contribution < -0.4 is 14.7 Å². The standard InChI is InChI=1S/C9H15BrN2O2Si/c1-13-8-6(15(3,4)5)7(10)11-9(12-8)14-2/h1-5H3. The molecule has 4 nitrogen and oxygen atoms in total. The van der Waals surface area contributed by atoms with Crippen LogP contribution in [0, 0.1) is 0 Å². The summed E-state index contributed by atoms with van der Waals surface area (Å²) in [5.74, 6) is 0.605. The predicted molar refractivity (Wildman–Crippen MR) is 65.8 cm³/mol. The number of rotatable bonds is 3. The molecule has 0 amide bonds. The van der Waals surface area contributed by atoms with Gasteiger partial charge in [-0.3, -0.25) is 0 Å². The van der Waals surface area contributed by atoms with Crippen LogP contribution in [0.4, 0.5) is 0 Å². The smallest absolute Gasteiger partial charge is 0.320 e. The summed E-state index contributed by atoms with van der Waals surface area (Å²) < 4.78 is 11.0. The largest absolute Gasteiger partial charge is 0.481 e. The van der Waals surface area contributed by atoms with Gasteiger partial charge in [-0.1, -0.05) is 19.6 Å². The first-order chi connectivity index (χ1) is 6.90. The van der Waals surface area contributed by atoms with Gasteiger partial charge < -0.3 is 9.47 Å². The first-order valence-electron chi connectivity index (χ1n) is 4.56. The van der Waals surface area contributed by atoms with Gasteiger partial charge in [0.15, 0.2) is 0 Å². The molecule has 0 fully saturated rings. The Balaban J connectivity index is 3.38. The van der Waals surface area contributed by atoms with Gasteiger partial charge in [-0.25, -0.2) is 0 Å². The average Bonchev–Trinajstić information content (AvgIpc) is 2.14. The van der Waals surface area contributed by atoms with Crippen molar-refractivity contribution in [2.24, 2.45) is 0 Å². The highest BCUT2D eigenvalue weighted by Crippen LogP contribution is 2.20. The third kappa shape index (κ3) is 2.69. The van der Waals surface area contributed by atoms with Crippen LogP contribution in [0.1, 0.15) is 0 Å². The molecule has 1 aromatic heterocycles. The number of methoxy groups -OCH3 is 2. The van der Waals surface area contributed by atoms with E-state index in [0.717, 1.165) is 9.79 Å². The van der Waals surface area contributed by atoms with E-state index < -0.39 is 8.07 Å². The summed E-state index contributed by atoms with van der Waals surface area (Å²) in [4.78, 5) is 8.39. The zero-order chi connectivity index (χ0) is 11.6.